The average Bonchev–Trinajstić information content (AvgIpc) is 3.36. The van der Waals surface area contributed by atoms with Gasteiger partial charge < -0.3 is 9.73 Å². The number of nitrogens with two attached hydrogens (primary N) is 1. The Morgan fingerprint density at radius 3 is 2.40 bits per heavy atom. The van der Waals surface area contributed by atoms with E-state index in [1.165, 1.54) is 10.4 Å². The highest BCUT2D eigenvalue weighted by Gasteiger charge is 2.19. The summed E-state index contributed by atoms with van der Waals surface area (Å²) in [7, 11) is 0. The van der Waals surface area contributed by atoms with E-state index in [0.29, 0.717) is 6.54 Å². The maximum Gasteiger partial charge on any atom is 0.250 e. The minimum Gasteiger partial charge on any atom is -0.435 e. The molecule has 2 aromatic heterocycles. The van der Waals surface area contributed by atoms with E-state index in [4.69, 9.17) is 4.42 Å². The van der Waals surface area contributed by atoms with Gasteiger partial charge in [-0.15, -0.1) is 11.3 Å². The first kappa shape index (κ1) is 15.8. The van der Waals surface area contributed by atoms with Crippen LogP contribution in [0.1, 0.15) is 22.4 Å². The van der Waals surface area contributed by atoms with Gasteiger partial charge in [0.15, 0.2) is 12.3 Å². The van der Waals surface area contributed by atoms with Gasteiger partial charge in [0.2, 0.25) is 0 Å². The van der Waals surface area contributed by atoms with Crippen LogP contribution in [0.5, 0.6) is 0 Å². The van der Waals surface area contributed by atoms with Crippen molar-refractivity contribution in [3.05, 3.63) is 101 Å². The Labute approximate surface area is 151 Å². The molecule has 2 heterocycles. The van der Waals surface area contributed by atoms with Crippen molar-refractivity contribution in [3.8, 4) is 11.3 Å². The fraction of sp³-hybridized carbons (Fsp3) is 0.0952. The third-order valence-electron chi connectivity index (χ3n) is 4.15. The molecule has 0 aliphatic heterocycles. The molecule has 2 N–H and O–H groups in total. The number of hydrogen-bond donors (Lipinski definition) is 1. The predicted octanol–water partition coefficient (Wildman–Crippen LogP) is 4.26. The molecular formula is C21H19N2OS+. The van der Waals surface area contributed by atoms with Crippen molar-refractivity contribution in [2.24, 2.45) is 0 Å². The Balaban J connectivity index is 1.51. The van der Waals surface area contributed by atoms with E-state index in [1.807, 2.05) is 30.3 Å². The van der Waals surface area contributed by atoms with Crippen LogP contribution in [0.25, 0.3) is 11.3 Å². The maximum absolute atomic E-state index is 5.93. The summed E-state index contributed by atoms with van der Waals surface area (Å²) >= 11 is 1.78. The molecule has 4 heteroatoms. The largest absolute Gasteiger partial charge is 0.435 e. The van der Waals surface area contributed by atoms with Crippen LogP contribution in [0.3, 0.4) is 0 Å². The summed E-state index contributed by atoms with van der Waals surface area (Å²) in [4.78, 5) is 5.78. The zero-order valence-electron chi connectivity index (χ0n) is 13.7. The standard InChI is InChI=1S/C21H18N2OS/c1-3-8-16(9-4-1)18-14-22-20(24-18)15-23-21(19-12-7-13-25-19)17-10-5-2-6-11-17/h1-14,21,23H,15H2/p+1/t21-/m1/s1. The number of thiophene rings is 1. The predicted molar refractivity (Wildman–Crippen MR) is 100 cm³/mol. The number of hydrogen-bond acceptors (Lipinski definition) is 3. The van der Waals surface area contributed by atoms with Crippen LogP contribution < -0.4 is 5.32 Å². The van der Waals surface area contributed by atoms with Gasteiger partial charge in [0.25, 0.3) is 5.89 Å². The Hall–Kier alpha value is -2.69. The molecule has 0 bridgehead atoms. The van der Waals surface area contributed by atoms with Crippen molar-refractivity contribution in [3.63, 3.8) is 0 Å². The lowest BCUT2D eigenvalue weighted by Gasteiger charge is -2.13. The molecule has 0 radical (unpaired) electrons. The van der Waals surface area contributed by atoms with Crippen LogP contribution in [0.4, 0.5) is 0 Å². The average molecular weight is 347 g/mol. The third kappa shape index (κ3) is 3.71. The van der Waals surface area contributed by atoms with Gasteiger partial charge in [-0.05, 0) is 11.4 Å². The van der Waals surface area contributed by atoms with Crippen LogP contribution in [0, 0.1) is 0 Å². The quantitative estimate of drug-likeness (QED) is 0.566. The van der Waals surface area contributed by atoms with E-state index < -0.39 is 0 Å². The minimum absolute atomic E-state index is 0.258. The molecule has 124 valence electrons. The molecule has 0 fully saturated rings. The van der Waals surface area contributed by atoms with Crippen molar-refractivity contribution in [1.82, 2.24) is 4.98 Å². The molecular weight excluding hydrogens is 328 g/mol. The summed E-state index contributed by atoms with van der Waals surface area (Å²) in [5.74, 6) is 1.56. The molecule has 2 aromatic carbocycles. The molecule has 1 atom stereocenters. The van der Waals surface area contributed by atoms with Gasteiger partial charge in [-0.25, -0.2) is 4.98 Å². The van der Waals surface area contributed by atoms with E-state index in [-0.39, 0.29) is 6.04 Å². The Kier molecular flexibility index (Phi) is 4.72. The highest BCUT2D eigenvalue weighted by Crippen LogP contribution is 2.23. The fourth-order valence-electron chi connectivity index (χ4n) is 2.90. The van der Waals surface area contributed by atoms with Gasteiger partial charge in [-0.3, -0.25) is 0 Å². The van der Waals surface area contributed by atoms with Crippen molar-refractivity contribution in [2.45, 2.75) is 12.6 Å². The summed E-state index contributed by atoms with van der Waals surface area (Å²) < 4.78 is 5.93. The maximum atomic E-state index is 5.93. The smallest absolute Gasteiger partial charge is 0.250 e. The van der Waals surface area contributed by atoms with Crippen molar-refractivity contribution in [1.29, 1.82) is 0 Å². The van der Waals surface area contributed by atoms with Gasteiger partial charge in [-0.2, -0.15) is 0 Å². The first-order valence-electron chi connectivity index (χ1n) is 8.32. The Bertz CT molecular complexity index is 902. The second-order valence-corrected chi connectivity index (χ2v) is 6.81. The number of benzene rings is 2. The molecule has 0 saturated heterocycles. The van der Waals surface area contributed by atoms with Gasteiger partial charge in [0, 0.05) is 11.1 Å². The summed E-state index contributed by atoms with van der Waals surface area (Å²) in [5, 5.41) is 4.40. The molecule has 4 aromatic rings. The summed E-state index contributed by atoms with van der Waals surface area (Å²) in [5.41, 5.74) is 2.35. The van der Waals surface area contributed by atoms with Crippen LogP contribution >= 0.6 is 11.3 Å². The van der Waals surface area contributed by atoms with Crippen molar-refractivity contribution >= 4 is 11.3 Å². The number of quaternary nitrogens is 1. The summed E-state index contributed by atoms with van der Waals surface area (Å²) in [6.45, 7) is 0.699. The lowest BCUT2D eigenvalue weighted by molar-refractivity contribution is -0.703. The highest BCUT2D eigenvalue weighted by atomic mass is 32.1. The van der Waals surface area contributed by atoms with E-state index >= 15 is 0 Å². The first-order valence-corrected chi connectivity index (χ1v) is 9.20. The van der Waals surface area contributed by atoms with Crippen LogP contribution in [-0.4, -0.2) is 4.98 Å². The molecule has 0 spiro atoms. The van der Waals surface area contributed by atoms with Crippen molar-refractivity contribution < 1.29 is 9.73 Å². The minimum atomic E-state index is 0.258. The van der Waals surface area contributed by atoms with Crippen LogP contribution in [0.15, 0.2) is 88.8 Å². The molecule has 0 saturated carbocycles. The summed E-state index contributed by atoms with van der Waals surface area (Å²) in [6.07, 6.45) is 1.81. The van der Waals surface area contributed by atoms with E-state index in [9.17, 15) is 0 Å². The number of aromatic nitrogens is 1. The normalized spacial score (nSPS) is 12.2. The highest BCUT2D eigenvalue weighted by molar-refractivity contribution is 7.10. The lowest BCUT2D eigenvalue weighted by Crippen LogP contribution is -2.83. The molecule has 4 rings (SSSR count). The van der Waals surface area contributed by atoms with Crippen LogP contribution in [0.2, 0.25) is 0 Å². The van der Waals surface area contributed by atoms with Gasteiger partial charge >= 0.3 is 0 Å². The summed E-state index contributed by atoms with van der Waals surface area (Å²) in [6, 6.07) is 25.2. The van der Waals surface area contributed by atoms with E-state index in [0.717, 1.165) is 17.2 Å². The fourth-order valence-corrected chi connectivity index (χ4v) is 3.75. The Morgan fingerprint density at radius 2 is 1.68 bits per heavy atom. The van der Waals surface area contributed by atoms with E-state index in [1.54, 1.807) is 17.5 Å². The van der Waals surface area contributed by atoms with Gasteiger partial charge in [0.05, 0.1) is 11.1 Å². The Morgan fingerprint density at radius 1 is 0.920 bits per heavy atom. The van der Waals surface area contributed by atoms with Crippen LogP contribution in [-0.2, 0) is 6.54 Å². The second kappa shape index (κ2) is 7.47. The molecule has 0 aliphatic rings. The zero-order valence-corrected chi connectivity index (χ0v) is 14.5. The number of nitrogens with zero attached hydrogens (tertiary/aromatic N) is 1. The number of rotatable bonds is 6. The lowest BCUT2D eigenvalue weighted by atomic mass is 10.1. The van der Waals surface area contributed by atoms with E-state index in [2.05, 4.69) is 58.1 Å². The molecule has 0 aliphatic carbocycles. The molecule has 3 nitrogen and oxygen atoms in total. The topological polar surface area (TPSA) is 42.6 Å². The first-order chi connectivity index (χ1) is 12.4. The molecule has 0 unspecified atom stereocenters. The molecule has 25 heavy (non-hydrogen) atoms. The third-order valence-corrected chi connectivity index (χ3v) is 5.10. The SMILES string of the molecule is c1ccc(-c2cnc(C[NH2+][C@H](c3ccccc3)c3cccs3)o2)cc1. The van der Waals surface area contributed by atoms with Gasteiger partial charge in [0.1, 0.15) is 6.04 Å². The zero-order chi connectivity index (χ0) is 16.9. The number of oxazole rings is 1. The monoisotopic (exact) mass is 347 g/mol. The van der Waals surface area contributed by atoms with Gasteiger partial charge in [-0.1, -0.05) is 66.7 Å². The van der Waals surface area contributed by atoms with Crippen molar-refractivity contribution in [2.75, 3.05) is 0 Å². The second-order valence-electron chi connectivity index (χ2n) is 5.83. The molecule has 0 amide bonds.